The molecular weight excluding hydrogens is 452 g/mol. The third-order valence-electron chi connectivity index (χ3n) is 10.8. The summed E-state index contributed by atoms with van der Waals surface area (Å²) in [6.45, 7) is 6.51. The fourth-order valence-electron chi connectivity index (χ4n) is 9.31. The van der Waals surface area contributed by atoms with Crippen molar-refractivity contribution in [3.05, 3.63) is 0 Å². The van der Waals surface area contributed by atoms with Crippen LogP contribution in [0.3, 0.4) is 0 Å². The summed E-state index contributed by atoms with van der Waals surface area (Å²) in [6.07, 6.45) is 5.68. The summed E-state index contributed by atoms with van der Waals surface area (Å²) in [5.41, 5.74) is -2.69. The molecule has 10 atom stereocenters. The highest BCUT2D eigenvalue weighted by atomic mass is 32.2. The first-order valence-corrected chi connectivity index (χ1v) is 14.8. The molecule has 0 aromatic rings. The number of hydrogen-bond acceptors (Lipinski definition) is 7. The van der Waals surface area contributed by atoms with Crippen LogP contribution in [0.2, 0.25) is 0 Å². The number of carbonyl (C=O) groups excluding carboxylic acids is 1. The minimum Gasteiger partial charge on any atom is -0.392 e. The van der Waals surface area contributed by atoms with Crippen LogP contribution in [0, 0.1) is 39.9 Å². The Hall–Kier alpha value is -0.180. The molecule has 0 radical (unpaired) electrons. The van der Waals surface area contributed by atoms with Gasteiger partial charge in [0.2, 0.25) is 5.79 Å². The molecule has 4 N–H and O–H groups in total. The van der Waals surface area contributed by atoms with Gasteiger partial charge in [0.1, 0.15) is 11.5 Å². The van der Waals surface area contributed by atoms with Crippen molar-refractivity contribution in [1.29, 1.82) is 0 Å². The Morgan fingerprint density at radius 1 is 1.03 bits per heavy atom. The monoisotopic (exact) mass is 496 g/mol. The van der Waals surface area contributed by atoms with Gasteiger partial charge in [0.25, 0.3) is 0 Å². The Balaban J connectivity index is 1.45. The molecule has 0 amide bonds. The van der Waals surface area contributed by atoms with Crippen molar-refractivity contribution in [2.75, 3.05) is 18.1 Å². The zero-order valence-corrected chi connectivity index (χ0v) is 21.9. The van der Waals surface area contributed by atoms with Crippen LogP contribution in [0.4, 0.5) is 0 Å². The molecule has 4 saturated carbocycles. The number of Topliss-reactive ketones (excluding diaryl/α,β-unsaturated/α-hetero) is 1. The first kappa shape index (κ1) is 25.5. The zero-order valence-electron chi connectivity index (χ0n) is 21.0. The molecule has 6 rings (SSSR count). The molecule has 2 aliphatic heterocycles. The maximum absolute atomic E-state index is 14.2. The first-order valence-electron chi connectivity index (χ1n) is 13.6. The number of unbranched alkanes of at least 4 members (excludes halogenated alkanes) is 4. The van der Waals surface area contributed by atoms with E-state index in [9.17, 15) is 25.2 Å². The number of fused-ring (bicyclic) bond motifs is 2. The predicted molar refractivity (Wildman–Crippen MR) is 131 cm³/mol. The number of aliphatic hydroxyl groups excluding tert-OH is 3. The summed E-state index contributed by atoms with van der Waals surface area (Å²) in [5, 5.41) is 46.7. The largest absolute Gasteiger partial charge is 0.392 e. The summed E-state index contributed by atoms with van der Waals surface area (Å²) in [6, 6.07) is 0. The lowest BCUT2D eigenvalue weighted by atomic mass is 9.35. The molecule has 0 aromatic carbocycles. The number of ketones is 1. The van der Waals surface area contributed by atoms with Gasteiger partial charge in [-0.15, -0.1) is 0 Å². The molecule has 6 nitrogen and oxygen atoms in total. The molecule has 4 bridgehead atoms. The normalized spacial score (nSPS) is 50.8. The van der Waals surface area contributed by atoms with E-state index in [2.05, 4.69) is 20.8 Å². The van der Waals surface area contributed by atoms with Gasteiger partial charge in [0, 0.05) is 23.0 Å². The number of hydrogen-bond donors (Lipinski definition) is 4. The highest BCUT2D eigenvalue weighted by Crippen LogP contribution is 2.76. The second kappa shape index (κ2) is 8.70. The van der Waals surface area contributed by atoms with Gasteiger partial charge in [0.15, 0.2) is 5.78 Å². The number of carbonyl (C=O) groups is 1. The van der Waals surface area contributed by atoms with Crippen LogP contribution in [0.5, 0.6) is 0 Å². The Morgan fingerprint density at radius 2 is 1.76 bits per heavy atom. The maximum Gasteiger partial charge on any atom is 0.208 e. The topological polar surface area (TPSA) is 107 Å². The Kier molecular flexibility index (Phi) is 6.51. The fraction of sp³-hybridized carbons (Fsp3) is 0.963. The molecule has 2 spiro atoms. The number of ether oxygens (including phenoxy) is 1. The van der Waals surface area contributed by atoms with Crippen LogP contribution in [0.15, 0.2) is 0 Å². The molecule has 0 unspecified atom stereocenters. The SMILES string of the molecule is CCCCCCCSC[C@@H]1C(=O)[C@@]23[C@H](O)[C@H]1CC[C@@H]2[C@@]12CO[C@]3(O)[C@H](O)[C@@H]1C(C)(C)CC[C@@H]2O. The molecule has 2 saturated heterocycles. The van der Waals surface area contributed by atoms with Gasteiger partial charge >= 0.3 is 0 Å². The van der Waals surface area contributed by atoms with E-state index in [4.69, 9.17) is 4.74 Å². The van der Waals surface area contributed by atoms with Crippen molar-refractivity contribution in [2.24, 2.45) is 39.9 Å². The first-order chi connectivity index (χ1) is 16.1. The highest BCUT2D eigenvalue weighted by molar-refractivity contribution is 7.99. The molecule has 6 aliphatic rings. The summed E-state index contributed by atoms with van der Waals surface area (Å²) in [4.78, 5) is 14.2. The van der Waals surface area contributed by atoms with Crippen LogP contribution in [0.1, 0.15) is 78.6 Å². The lowest BCUT2D eigenvalue weighted by Crippen LogP contribution is -2.85. The zero-order chi connectivity index (χ0) is 24.5. The summed E-state index contributed by atoms with van der Waals surface area (Å²) in [7, 11) is 0. The van der Waals surface area contributed by atoms with Gasteiger partial charge in [-0.2, -0.15) is 11.8 Å². The van der Waals surface area contributed by atoms with Crippen molar-refractivity contribution in [1.82, 2.24) is 0 Å². The Labute approximate surface area is 208 Å². The molecule has 6 fully saturated rings. The average Bonchev–Trinajstić information content (AvgIpc) is 2.90. The van der Waals surface area contributed by atoms with Crippen LogP contribution >= 0.6 is 11.8 Å². The van der Waals surface area contributed by atoms with E-state index in [1.807, 2.05) is 0 Å². The van der Waals surface area contributed by atoms with E-state index in [1.54, 1.807) is 11.8 Å². The van der Waals surface area contributed by atoms with Gasteiger partial charge in [0.05, 0.1) is 18.8 Å². The lowest BCUT2D eigenvalue weighted by Gasteiger charge is -2.74. The Bertz CT molecular complexity index is 804. The summed E-state index contributed by atoms with van der Waals surface area (Å²) >= 11 is 1.77. The van der Waals surface area contributed by atoms with Gasteiger partial charge in [-0.05, 0) is 55.1 Å². The molecule has 4 aliphatic carbocycles. The molecule has 2 heterocycles. The third-order valence-corrected chi connectivity index (χ3v) is 11.9. The molecule has 34 heavy (non-hydrogen) atoms. The standard InChI is InChI=1S/C27H44O6S/c1-4-5-6-7-8-13-34-14-17-16-9-10-18-25-15-33-27(32,26(18,21(16)29)22(17)30)23(31)20(25)24(2,3)12-11-19(25)28/h16-21,23,28-29,31-32H,4-15H2,1-3H3/t16-,17-,18+,19-,20+,21+,23+,25+,26-,27+/m0/s1. The van der Waals surface area contributed by atoms with E-state index < -0.39 is 34.9 Å². The number of thioether (sulfide) groups is 1. The van der Waals surface area contributed by atoms with Gasteiger partial charge in [-0.3, -0.25) is 4.79 Å². The average molecular weight is 497 g/mol. The second-order valence-corrected chi connectivity index (χ2v) is 13.8. The van der Waals surface area contributed by atoms with Crippen LogP contribution in [-0.2, 0) is 9.53 Å². The van der Waals surface area contributed by atoms with E-state index >= 15 is 0 Å². The van der Waals surface area contributed by atoms with E-state index in [0.717, 1.165) is 25.0 Å². The number of rotatable bonds is 8. The van der Waals surface area contributed by atoms with Gasteiger partial charge in [-0.1, -0.05) is 46.5 Å². The summed E-state index contributed by atoms with van der Waals surface area (Å²) in [5.74, 6) is -1.94. The fourth-order valence-corrected chi connectivity index (χ4v) is 10.5. The molecule has 7 heteroatoms. The van der Waals surface area contributed by atoms with Crippen molar-refractivity contribution in [2.45, 2.75) is 103 Å². The van der Waals surface area contributed by atoms with Crippen molar-refractivity contribution in [3.63, 3.8) is 0 Å². The molecule has 194 valence electrons. The number of aliphatic hydroxyl groups is 4. The second-order valence-electron chi connectivity index (χ2n) is 12.6. The van der Waals surface area contributed by atoms with E-state index in [0.29, 0.717) is 18.6 Å². The molecular formula is C27H44O6S. The van der Waals surface area contributed by atoms with Crippen molar-refractivity contribution < 1.29 is 30.0 Å². The highest BCUT2D eigenvalue weighted by Gasteiger charge is 2.87. The van der Waals surface area contributed by atoms with E-state index in [1.165, 1.54) is 25.7 Å². The van der Waals surface area contributed by atoms with Crippen molar-refractivity contribution >= 4 is 17.5 Å². The minimum absolute atomic E-state index is 0.129. The van der Waals surface area contributed by atoms with Crippen molar-refractivity contribution in [3.8, 4) is 0 Å². The Morgan fingerprint density at radius 3 is 2.50 bits per heavy atom. The van der Waals surface area contributed by atoms with Crippen LogP contribution in [0.25, 0.3) is 0 Å². The quantitative estimate of drug-likeness (QED) is 0.383. The van der Waals surface area contributed by atoms with Gasteiger partial charge in [-0.25, -0.2) is 0 Å². The third kappa shape index (κ3) is 3.03. The maximum atomic E-state index is 14.2. The summed E-state index contributed by atoms with van der Waals surface area (Å²) < 4.78 is 6.02. The molecule has 0 aromatic heterocycles. The van der Waals surface area contributed by atoms with Gasteiger partial charge < -0.3 is 25.2 Å². The lowest BCUT2D eigenvalue weighted by molar-refractivity contribution is -0.458. The van der Waals surface area contributed by atoms with Crippen LogP contribution in [-0.4, -0.2) is 68.4 Å². The minimum atomic E-state index is -2.10. The smallest absolute Gasteiger partial charge is 0.208 e. The predicted octanol–water partition coefficient (Wildman–Crippen LogP) is 3.14. The van der Waals surface area contributed by atoms with E-state index in [-0.39, 0.29) is 41.5 Å². The van der Waals surface area contributed by atoms with Crippen LogP contribution < -0.4 is 0 Å².